The quantitative estimate of drug-likeness (QED) is 0.412. The Morgan fingerprint density at radius 1 is 1.46 bits per heavy atom. The maximum Gasteiger partial charge on any atom is 0.167 e. The highest BCUT2D eigenvalue weighted by Crippen LogP contribution is 2.11. The number of hydrazone groups is 1. The lowest BCUT2D eigenvalue weighted by Gasteiger charge is -1.99. The summed E-state index contributed by atoms with van der Waals surface area (Å²) in [5, 5.41) is 12.0. The largest absolute Gasteiger partial charge is 0.497 e. The van der Waals surface area contributed by atoms with E-state index in [1.165, 1.54) is 0 Å². The topological polar surface area (TPSA) is 71.4 Å². The summed E-state index contributed by atoms with van der Waals surface area (Å²) in [4.78, 5) is 0. The van der Waals surface area contributed by atoms with Crippen molar-refractivity contribution in [3.8, 4) is 11.8 Å². The van der Waals surface area contributed by atoms with Gasteiger partial charge in [-0.2, -0.15) is 10.4 Å². The van der Waals surface area contributed by atoms with Gasteiger partial charge in [-0.1, -0.05) is 0 Å². The third-order valence-electron chi connectivity index (χ3n) is 1.60. The van der Waals surface area contributed by atoms with E-state index in [0.717, 1.165) is 5.75 Å². The monoisotopic (exact) mass is 175 g/mol. The molecule has 0 aliphatic rings. The van der Waals surface area contributed by atoms with Crippen LogP contribution in [0.3, 0.4) is 0 Å². The fraction of sp³-hybridized carbons (Fsp3) is 0.111. The molecule has 66 valence electrons. The van der Waals surface area contributed by atoms with Crippen LogP contribution < -0.4 is 10.6 Å². The Kier molecular flexibility index (Phi) is 2.87. The molecule has 0 aliphatic heterocycles. The van der Waals surface area contributed by atoms with Gasteiger partial charge in [-0.25, -0.2) is 0 Å². The van der Waals surface area contributed by atoms with Gasteiger partial charge in [0.25, 0.3) is 0 Å². The first-order valence-electron chi connectivity index (χ1n) is 3.64. The molecule has 0 unspecified atom stereocenters. The molecule has 4 nitrogen and oxygen atoms in total. The maximum absolute atomic E-state index is 8.61. The third kappa shape index (κ3) is 1.97. The Morgan fingerprint density at radius 3 is 2.46 bits per heavy atom. The predicted octanol–water partition coefficient (Wildman–Crippen LogP) is 0.882. The van der Waals surface area contributed by atoms with Crippen molar-refractivity contribution in [2.24, 2.45) is 10.9 Å². The molecule has 0 aromatic heterocycles. The van der Waals surface area contributed by atoms with Crippen LogP contribution in [0.15, 0.2) is 29.4 Å². The Labute approximate surface area is 76.2 Å². The second-order valence-corrected chi connectivity index (χ2v) is 2.32. The Balaban J connectivity index is 3.00. The molecule has 0 saturated heterocycles. The third-order valence-corrected chi connectivity index (χ3v) is 1.60. The van der Waals surface area contributed by atoms with Gasteiger partial charge in [0.05, 0.1) is 7.11 Å². The van der Waals surface area contributed by atoms with Crippen LogP contribution in [0.1, 0.15) is 5.56 Å². The van der Waals surface area contributed by atoms with Crippen LogP contribution in [0.2, 0.25) is 0 Å². The highest BCUT2D eigenvalue weighted by atomic mass is 16.5. The van der Waals surface area contributed by atoms with Crippen molar-refractivity contribution in [2.45, 2.75) is 0 Å². The summed E-state index contributed by atoms with van der Waals surface area (Å²) in [7, 11) is 1.58. The summed E-state index contributed by atoms with van der Waals surface area (Å²) in [5.41, 5.74) is 0.897. The highest BCUT2D eigenvalue weighted by molar-refractivity contribution is 6.11. The van der Waals surface area contributed by atoms with Gasteiger partial charge in [0.1, 0.15) is 11.8 Å². The van der Waals surface area contributed by atoms with E-state index >= 15 is 0 Å². The number of hydrogen-bond acceptors (Lipinski definition) is 4. The zero-order valence-electron chi connectivity index (χ0n) is 7.19. The van der Waals surface area contributed by atoms with Crippen LogP contribution in [0.4, 0.5) is 0 Å². The van der Waals surface area contributed by atoms with E-state index in [1.807, 2.05) is 6.07 Å². The van der Waals surface area contributed by atoms with Gasteiger partial charge in [-0.15, -0.1) is 0 Å². The van der Waals surface area contributed by atoms with Crippen LogP contribution >= 0.6 is 0 Å². The summed E-state index contributed by atoms with van der Waals surface area (Å²) in [6, 6.07) is 8.85. The molecule has 0 saturated carbocycles. The van der Waals surface area contributed by atoms with E-state index in [9.17, 15) is 0 Å². The van der Waals surface area contributed by atoms with E-state index in [0.29, 0.717) is 5.56 Å². The molecule has 13 heavy (non-hydrogen) atoms. The molecule has 0 fully saturated rings. The fourth-order valence-corrected chi connectivity index (χ4v) is 0.917. The molecule has 0 heterocycles. The summed E-state index contributed by atoms with van der Waals surface area (Å²) in [5.74, 6) is 5.75. The zero-order valence-corrected chi connectivity index (χ0v) is 7.19. The van der Waals surface area contributed by atoms with Gasteiger partial charge in [-0.3, -0.25) is 0 Å². The minimum Gasteiger partial charge on any atom is -0.497 e. The van der Waals surface area contributed by atoms with Gasteiger partial charge in [-0.05, 0) is 24.3 Å². The average Bonchev–Trinajstić information content (AvgIpc) is 2.21. The number of ether oxygens (including phenoxy) is 1. The number of hydrogen-bond donors (Lipinski definition) is 1. The molecule has 1 aromatic rings. The predicted molar refractivity (Wildman–Crippen MR) is 49.3 cm³/mol. The maximum atomic E-state index is 8.61. The first-order chi connectivity index (χ1) is 6.31. The number of nitrogens with two attached hydrogens (primary N) is 1. The van der Waals surface area contributed by atoms with Crippen molar-refractivity contribution in [3.63, 3.8) is 0 Å². The Hall–Kier alpha value is -2.02. The number of benzene rings is 1. The smallest absolute Gasteiger partial charge is 0.167 e. The van der Waals surface area contributed by atoms with Crippen LogP contribution in [0, 0.1) is 11.3 Å². The molecule has 0 aliphatic carbocycles. The van der Waals surface area contributed by atoms with Crippen LogP contribution in [0.5, 0.6) is 5.75 Å². The first-order valence-corrected chi connectivity index (χ1v) is 3.64. The Bertz CT molecular complexity index is 348. The second kappa shape index (κ2) is 4.12. The summed E-state index contributed by atoms with van der Waals surface area (Å²) in [6.45, 7) is 0. The van der Waals surface area contributed by atoms with Crippen LogP contribution in [-0.4, -0.2) is 12.8 Å². The average molecular weight is 175 g/mol. The molecule has 0 atom stereocenters. The molecule has 1 aromatic carbocycles. The van der Waals surface area contributed by atoms with E-state index < -0.39 is 0 Å². The van der Waals surface area contributed by atoms with Crippen molar-refractivity contribution in [2.75, 3.05) is 7.11 Å². The van der Waals surface area contributed by atoms with Crippen molar-refractivity contribution in [3.05, 3.63) is 29.8 Å². The molecule has 4 heteroatoms. The normalized spacial score (nSPS) is 10.6. The lowest BCUT2D eigenvalue weighted by molar-refractivity contribution is 0.415. The number of methoxy groups -OCH3 is 1. The molecule has 1 rings (SSSR count). The van der Waals surface area contributed by atoms with Crippen molar-refractivity contribution in [1.29, 1.82) is 5.26 Å². The van der Waals surface area contributed by atoms with Gasteiger partial charge in [0, 0.05) is 5.56 Å². The second-order valence-electron chi connectivity index (χ2n) is 2.32. The zero-order chi connectivity index (χ0) is 9.68. The van der Waals surface area contributed by atoms with E-state index in [2.05, 4.69) is 5.10 Å². The highest BCUT2D eigenvalue weighted by Gasteiger charge is 2.00. The molecule has 0 amide bonds. The van der Waals surface area contributed by atoms with E-state index in [1.54, 1.807) is 31.4 Å². The Morgan fingerprint density at radius 2 is 2.08 bits per heavy atom. The van der Waals surface area contributed by atoms with Crippen molar-refractivity contribution in [1.82, 2.24) is 0 Å². The standard InChI is InChI=1S/C9H9N3O/c1-13-8-4-2-7(3-5-8)9(6-10)12-11/h2-5H,11H2,1H3. The van der Waals surface area contributed by atoms with E-state index in [-0.39, 0.29) is 5.71 Å². The lowest BCUT2D eigenvalue weighted by Crippen LogP contribution is -2.00. The summed E-state index contributed by atoms with van der Waals surface area (Å²) >= 11 is 0. The minimum atomic E-state index is 0.211. The summed E-state index contributed by atoms with van der Waals surface area (Å²) < 4.78 is 4.96. The van der Waals surface area contributed by atoms with Gasteiger partial charge in [0.15, 0.2) is 5.71 Å². The summed E-state index contributed by atoms with van der Waals surface area (Å²) in [6.07, 6.45) is 0. The SMILES string of the molecule is COc1ccc(C(C#N)=NN)cc1. The van der Waals surface area contributed by atoms with Crippen LogP contribution in [0.25, 0.3) is 0 Å². The van der Waals surface area contributed by atoms with Gasteiger partial charge >= 0.3 is 0 Å². The minimum absolute atomic E-state index is 0.211. The van der Waals surface area contributed by atoms with E-state index in [4.69, 9.17) is 15.8 Å². The fourth-order valence-electron chi connectivity index (χ4n) is 0.917. The molecular formula is C9H9N3O. The van der Waals surface area contributed by atoms with Crippen molar-refractivity contribution < 1.29 is 4.74 Å². The number of nitriles is 1. The van der Waals surface area contributed by atoms with Crippen LogP contribution in [-0.2, 0) is 0 Å². The van der Waals surface area contributed by atoms with Gasteiger partial charge < -0.3 is 10.6 Å². The number of rotatable bonds is 2. The molecule has 0 bridgehead atoms. The number of nitrogens with zero attached hydrogens (tertiary/aromatic N) is 2. The van der Waals surface area contributed by atoms with Gasteiger partial charge in [0.2, 0.25) is 0 Å². The van der Waals surface area contributed by atoms with Crippen molar-refractivity contribution >= 4 is 5.71 Å². The molecular weight excluding hydrogens is 166 g/mol. The molecule has 0 radical (unpaired) electrons. The molecule has 0 spiro atoms. The first kappa shape index (κ1) is 9.07. The lowest BCUT2D eigenvalue weighted by atomic mass is 10.1. The molecule has 2 N–H and O–H groups in total.